The molecule has 4 aromatic rings. The first-order valence-electron chi connectivity index (χ1n) is 10.1. The number of aromatic amines is 1. The molecule has 0 amide bonds. The van der Waals surface area contributed by atoms with E-state index < -0.39 is 0 Å². The second-order valence-corrected chi connectivity index (χ2v) is 8.44. The Balaban J connectivity index is 1.41. The van der Waals surface area contributed by atoms with Crippen molar-refractivity contribution in [3.63, 3.8) is 0 Å². The molecule has 0 radical (unpaired) electrons. The number of rotatable bonds is 7. The number of aryl methyl sites for hydroxylation is 1. The van der Waals surface area contributed by atoms with Gasteiger partial charge in [0.15, 0.2) is 16.8 Å². The van der Waals surface area contributed by atoms with Gasteiger partial charge in [-0.3, -0.25) is 9.36 Å². The van der Waals surface area contributed by atoms with Gasteiger partial charge in [-0.25, -0.2) is 4.39 Å². The normalized spacial score (nSPS) is 13.8. The van der Waals surface area contributed by atoms with Crippen LogP contribution in [0.2, 0.25) is 0 Å². The second-order valence-electron chi connectivity index (χ2n) is 7.49. The van der Waals surface area contributed by atoms with Crippen molar-refractivity contribution in [1.29, 1.82) is 0 Å². The van der Waals surface area contributed by atoms with Crippen molar-refractivity contribution in [1.82, 2.24) is 19.7 Å². The van der Waals surface area contributed by atoms with Crippen LogP contribution in [0.5, 0.6) is 0 Å². The smallest absolute Gasteiger partial charge is 0.192 e. The monoisotopic (exact) mass is 420 g/mol. The van der Waals surface area contributed by atoms with E-state index in [1.165, 1.54) is 23.4 Å². The van der Waals surface area contributed by atoms with E-state index in [0.717, 1.165) is 30.2 Å². The minimum absolute atomic E-state index is 0.0392. The number of halogens is 1. The van der Waals surface area contributed by atoms with Gasteiger partial charge in [0.25, 0.3) is 0 Å². The molecule has 2 heterocycles. The van der Waals surface area contributed by atoms with Crippen molar-refractivity contribution in [2.75, 3.05) is 5.75 Å². The zero-order valence-corrected chi connectivity index (χ0v) is 17.4. The number of fused-ring (bicyclic) bond motifs is 1. The summed E-state index contributed by atoms with van der Waals surface area (Å²) in [7, 11) is 0. The molecular weight excluding hydrogens is 399 g/mol. The van der Waals surface area contributed by atoms with Crippen LogP contribution < -0.4 is 0 Å². The molecule has 2 aromatic carbocycles. The van der Waals surface area contributed by atoms with Crippen molar-refractivity contribution < 1.29 is 9.18 Å². The lowest BCUT2D eigenvalue weighted by molar-refractivity contribution is 0.102. The summed E-state index contributed by atoms with van der Waals surface area (Å²) in [5.74, 6) is 0.512. The highest BCUT2D eigenvalue weighted by atomic mass is 32.2. The topological polar surface area (TPSA) is 63.6 Å². The summed E-state index contributed by atoms with van der Waals surface area (Å²) < 4.78 is 16.3. The molecule has 1 saturated carbocycles. The highest BCUT2D eigenvalue weighted by molar-refractivity contribution is 7.99. The predicted octanol–water partition coefficient (Wildman–Crippen LogP) is 5.44. The zero-order chi connectivity index (χ0) is 20.7. The second kappa shape index (κ2) is 7.72. The molecule has 1 aliphatic carbocycles. The van der Waals surface area contributed by atoms with Gasteiger partial charge in [0.1, 0.15) is 5.82 Å². The summed E-state index contributed by atoms with van der Waals surface area (Å²) in [6.45, 7) is 2.10. The number of hydrogen-bond donors (Lipinski definition) is 1. The van der Waals surface area contributed by atoms with E-state index in [-0.39, 0.29) is 23.4 Å². The average Bonchev–Trinajstić information content (AvgIpc) is 3.36. The van der Waals surface area contributed by atoms with Crippen molar-refractivity contribution in [2.24, 2.45) is 0 Å². The van der Waals surface area contributed by atoms with E-state index in [1.54, 1.807) is 24.4 Å². The van der Waals surface area contributed by atoms with Gasteiger partial charge in [-0.15, -0.1) is 10.2 Å². The van der Waals surface area contributed by atoms with Crippen LogP contribution in [0.3, 0.4) is 0 Å². The van der Waals surface area contributed by atoms with Crippen molar-refractivity contribution in [3.05, 3.63) is 65.6 Å². The standard InChI is InChI=1S/C23H21FN4OS/c1-2-14-6-5-8-16-18(12-25-21(14)16)20(29)13-30-23-27-26-22(28(23)15-10-11-15)17-7-3-4-9-19(17)24/h3-9,12,15,25H,2,10-11,13H2,1H3. The first kappa shape index (κ1) is 19.1. The molecule has 1 aliphatic rings. The Bertz CT molecular complexity index is 1240. The Kier molecular flexibility index (Phi) is 4.90. The molecule has 0 saturated heterocycles. The van der Waals surface area contributed by atoms with Gasteiger partial charge in [0.2, 0.25) is 0 Å². The molecular formula is C23H21FN4OS. The number of thioether (sulfide) groups is 1. The van der Waals surface area contributed by atoms with Crippen molar-refractivity contribution in [2.45, 2.75) is 37.4 Å². The third kappa shape index (κ3) is 3.33. The Hall–Kier alpha value is -2.93. The highest BCUT2D eigenvalue weighted by Gasteiger charge is 2.31. The number of H-pyrrole nitrogens is 1. The predicted molar refractivity (Wildman–Crippen MR) is 116 cm³/mol. The van der Waals surface area contributed by atoms with Crippen LogP contribution in [0, 0.1) is 5.82 Å². The summed E-state index contributed by atoms with van der Waals surface area (Å²) in [4.78, 5) is 16.2. The lowest BCUT2D eigenvalue weighted by atomic mass is 10.1. The van der Waals surface area contributed by atoms with Crippen LogP contribution in [-0.4, -0.2) is 31.3 Å². The van der Waals surface area contributed by atoms with Gasteiger partial charge in [-0.2, -0.15) is 0 Å². The van der Waals surface area contributed by atoms with Crippen molar-refractivity contribution >= 4 is 28.4 Å². The summed E-state index contributed by atoms with van der Waals surface area (Å²) >= 11 is 1.37. The maximum atomic E-state index is 14.3. The minimum Gasteiger partial charge on any atom is -0.360 e. The molecule has 5 nitrogen and oxygen atoms in total. The fourth-order valence-corrected chi connectivity index (χ4v) is 4.70. The van der Waals surface area contributed by atoms with E-state index in [9.17, 15) is 9.18 Å². The number of carbonyl (C=O) groups is 1. The third-order valence-corrected chi connectivity index (χ3v) is 6.45. The van der Waals surface area contributed by atoms with Gasteiger partial charge < -0.3 is 4.98 Å². The Labute approximate surface area is 177 Å². The van der Waals surface area contributed by atoms with E-state index >= 15 is 0 Å². The number of ketones is 1. The first-order chi connectivity index (χ1) is 14.7. The van der Waals surface area contributed by atoms with Crippen LogP contribution in [0.4, 0.5) is 4.39 Å². The maximum Gasteiger partial charge on any atom is 0.192 e. The van der Waals surface area contributed by atoms with Gasteiger partial charge >= 0.3 is 0 Å². The van der Waals surface area contributed by atoms with Crippen LogP contribution in [0.1, 0.15) is 41.7 Å². The quantitative estimate of drug-likeness (QED) is 0.319. The van der Waals surface area contributed by atoms with E-state index in [1.807, 2.05) is 16.7 Å². The Morgan fingerprint density at radius 1 is 1.20 bits per heavy atom. The SMILES string of the molecule is CCc1cccc2c(C(=O)CSc3nnc(-c4ccccc4F)n3C3CC3)c[nH]c12. The molecule has 0 atom stereocenters. The third-order valence-electron chi connectivity index (χ3n) is 5.51. The summed E-state index contributed by atoms with van der Waals surface area (Å²) in [6, 6.07) is 12.9. The zero-order valence-electron chi connectivity index (χ0n) is 16.6. The molecule has 0 unspecified atom stereocenters. The minimum atomic E-state index is -0.315. The number of nitrogens with zero attached hydrogens (tertiary/aromatic N) is 3. The van der Waals surface area contributed by atoms with Crippen LogP contribution in [0.15, 0.2) is 53.8 Å². The first-order valence-corrected chi connectivity index (χ1v) is 11.1. The molecule has 5 rings (SSSR count). The Morgan fingerprint density at radius 2 is 2.03 bits per heavy atom. The molecule has 0 bridgehead atoms. The summed E-state index contributed by atoms with van der Waals surface area (Å²) in [5, 5.41) is 10.2. The molecule has 1 N–H and O–H groups in total. The number of carbonyl (C=O) groups excluding carboxylic acids is 1. The van der Waals surface area contributed by atoms with Gasteiger partial charge in [-0.1, -0.05) is 49.0 Å². The molecule has 7 heteroatoms. The highest BCUT2D eigenvalue weighted by Crippen LogP contribution is 2.41. The number of Topliss-reactive ketones (excluding diaryl/α,β-unsaturated/α-hetero) is 1. The number of nitrogens with one attached hydrogen (secondary N) is 1. The number of benzene rings is 2. The Morgan fingerprint density at radius 3 is 2.80 bits per heavy atom. The summed E-state index contributed by atoms with van der Waals surface area (Å²) in [6.07, 6.45) is 4.74. The lowest BCUT2D eigenvalue weighted by Crippen LogP contribution is -2.05. The lowest BCUT2D eigenvalue weighted by Gasteiger charge is -2.09. The van der Waals surface area contributed by atoms with E-state index in [2.05, 4.69) is 28.2 Å². The molecule has 0 spiro atoms. The van der Waals surface area contributed by atoms with E-state index in [4.69, 9.17) is 0 Å². The van der Waals surface area contributed by atoms with Gasteiger partial charge in [0, 0.05) is 28.7 Å². The molecule has 1 fully saturated rings. The molecule has 0 aliphatic heterocycles. The largest absolute Gasteiger partial charge is 0.360 e. The van der Waals surface area contributed by atoms with Gasteiger partial charge in [-0.05, 0) is 37.0 Å². The average molecular weight is 421 g/mol. The fraction of sp³-hybridized carbons (Fsp3) is 0.261. The molecule has 30 heavy (non-hydrogen) atoms. The van der Waals surface area contributed by atoms with E-state index in [0.29, 0.717) is 22.1 Å². The summed E-state index contributed by atoms with van der Waals surface area (Å²) in [5.41, 5.74) is 3.36. The maximum absolute atomic E-state index is 14.3. The number of hydrogen-bond acceptors (Lipinski definition) is 4. The number of aromatic nitrogens is 4. The number of para-hydroxylation sites is 1. The van der Waals surface area contributed by atoms with Crippen molar-refractivity contribution in [3.8, 4) is 11.4 Å². The molecule has 152 valence electrons. The molecule has 2 aromatic heterocycles. The van der Waals surface area contributed by atoms with Crippen LogP contribution in [0.25, 0.3) is 22.3 Å². The van der Waals surface area contributed by atoms with Gasteiger partial charge in [0.05, 0.1) is 11.3 Å². The van der Waals surface area contributed by atoms with Crippen LogP contribution >= 0.6 is 11.8 Å². The fourth-order valence-electron chi connectivity index (χ4n) is 3.81. The van der Waals surface area contributed by atoms with Crippen LogP contribution in [-0.2, 0) is 6.42 Å².